The molecule has 1 unspecified atom stereocenters. The van der Waals surface area contributed by atoms with Crippen molar-refractivity contribution in [2.45, 2.75) is 37.7 Å². The normalized spacial score (nSPS) is 12.3. The van der Waals surface area contributed by atoms with Crippen molar-refractivity contribution >= 4 is 57.6 Å². The lowest BCUT2D eigenvalue weighted by molar-refractivity contribution is -0.115. The largest absolute Gasteiger partial charge is 0.310 e. The third kappa shape index (κ3) is 5.29. The molecule has 3 aromatic rings. The van der Waals surface area contributed by atoms with E-state index in [-0.39, 0.29) is 17.4 Å². The highest BCUT2D eigenvalue weighted by Crippen LogP contribution is 2.25. The van der Waals surface area contributed by atoms with Crippen LogP contribution < -0.4 is 10.9 Å². The molecule has 0 aliphatic rings. The van der Waals surface area contributed by atoms with Gasteiger partial charge in [-0.3, -0.25) is 14.2 Å². The highest BCUT2D eigenvalue weighted by atomic mass is 35.5. The fraction of sp³-hybridized carbons (Fsp3) is 0.300. The van der Waals surface area contributed by atoms with Crippen LogP contribution in [-0.2, 0) is 11.3 Å². The summed E-state index contributed by atoms with van der Waals surface area (Å²) in [6.07, 6.45) is 1.46. The molecule has 1 atom stereocenters. The molecule has 0 saturated heterocycles. The molecule has 0 aliphatic carbocycles. The van der Waals surface area contributed by atoms with Gasteiger partial charge >= 0.3 is 0 Å². The lowest BCUT2D eigenvalue weighted by Gasteiger charge is -2.17. The molecule has 2 aromatic heterocycles. The molecule has 0 bridgehead atoms. The van der Waals surface area contributed by atoms with E-state index in [1.165, 1.54) is 18.0 Å². The molecule has 0 aliphatic heterocycles. The summed E-state index contributed by atoms with van der Waals surface area (Å²) in [5.74, 6) is 0.395. The summed E-state index contributed by atoms with van der Waals surface area (Å²) in [6.45, 7) is 6.29. The molecule has 0 radical (unpaired) electrons. The van der Waals surface area contributed by atoms with Crippen molar-refractivity contribution in [3.05, 3.63) is 56.9 Å². The van der Waals surface area contributed by atoms with Crippen molar-refractivity contribution in [2.24, 2.45) is 5.92 Å². The number of carbonyl (C=O) groups excluding carboxylic acids is 1. The molecule has 6 nitrogen and oxygen atoms in total. The molecule has 3 rings (SSSR count). The average Bonchev–Trinajstić information content (AvgIpc) is 2.67. The number of hydrogen-bond acceptors (Lipinski definition) is 5. The second kappa shape index (κ2) is 9.15. The van der Waals surface area contributed by atoms with Gasteiger partial charge in [0.15, 0.2) is 5.16 Å². The number of amides is 1. The molecule has 1 amide bonds. The molecular weight excluding hydrogens is 431 g/mol. The number of benzene rings is 1. The van der Waals surface area contributed by atoms with Crippen molar-refractivity contribution in [1.82, 2.24) is 14.5 Å². The Morgan fingerprint density at radius 1 is 1.17 bits per heavy atom. The van der Waals surface area contributed by atoms with E-state index in [2.05, 4.69) is 15.3 Å². The van der Waals surface area contributed by atoms with E-state index in [0.717, 1.165) is 0 Å². The molecule has 0 saturated carbocycles. The van der Waals surface area contributed by atoms with Gasteiger partial charge < -0.3 is 5.32 Å². The molecule has 29 heavy (non-hydrogen) atoms. The Morgan fingerprint density at radius 3 is 2.55 bits per heavy atom. The Balaban J connectivity index is 1.91. The summed E-state index contributed by atoms with van der Waals surface area (Å²) in [6, 6.07) is 8.31. The summed E-state index contributed by atoms with van der Waals surface area (Å²) in [4.78, 5) is 34.3. The third-order valence-corrected chi connectivity index (χ3v) is 5.61. The van der Waals surface area contributed by atoms with Crippen molar-refractivity contribution in [3.63, 3.8) is 0 Å². The molecule has 152 valence electrons. The molecule has 9 heteroatoms. The molecule has 0 fully saturated rings. The SMILES string of the molecule is CC(C)Cn1c(SC(C)C(=O)Nc2ccc(Cl)cn2)nc2ccc(Cl)cc2c1=O. The van der Waals surface area contributed by atoms with E-state index in [1.807, 2.05) is 13.8 Å². The zero-order chi connectivity index (χ0) is 21.1. The number of pyridine rings is 1. The van der Waals surface area contributed by atoms with Crippen LogP contribution in [0.1, 0.15) is 20.8 Å². The maximum Gasteiger partial charge on any atom is 0.262 e. The summed E-state index contributed by atoms with van der Waals surface area (Å²) in [7, 11) is 0. The van der Waals surface area contributed by atoms with Crippen LogP contribution >= 0.6 is 35.0 Å². The van der Waals surface area contributed by atoms with Gasteiger partial charge in [-0.15, -0.1) is 0 Å². The standard InChI is InChI=1S/C20H20Cl2N4O2S/c1-11(2)10-26-19(28)15-8-13(21)4-6-16(15)24-20(26)29-12(3)18(27)25-17-7-5-14(22)9-23-17/h4-9,11-12H,10H2,1-3H3,(H,23,25,27). The van der Waals surface area contributed by atoms with Crippen LogP contribution in [0, 0.1) is 5.92 Å². The van der Waals surface area contributed by atoms with Crippen molar-refractivity contribution < 1.29 is 4.79 Å². The van der Waals surface area contributed by atoms with E-state index in [1.54, 1.807) is 41.8 Å². The van der Waals surface area contributed by atoms with Gasteiger partial charge in [-0.05, 0) is 43.2 Å². The topological polar surface area (TPSA) is 76.9 Å². The second-order valence-electron chi connectivity index (χ2n) is 6.98. The minimum atomic E-state index is -0.498. The number of fused-ring (bicyclic) bond motifs is 1. The van der Waals surface area contributed by atoms with Gasteiger partial charge in [-0.1, -0.05) is 48.8 Å². The summed E-state index contributed by atoms with van der Waals surface area (Å²) < 4.78 is 1.61. The van der Waals surface area contributed by atoms with Gasteiger partial charge in [0.25, 0.3) is 5.56 Å². The molecule has 0 spiro atoms. The number of nitrogens with one attached hydrogen (secondary N) is 1. The van der Waals surface area contributed by atoms with Crippen LogP contribution in [0.2, 0.25) is 10.0 Å². The Kier molecular flexibility index (Phi) is 6.82. The monoisotopic (exact) mass is 450 g/mol. The van der Waals surface area contributed by atoms with E-state index >= 15 is 0 Å². The van der Waals surface area contributed by atoms with Crippen molar-refractivity contribution in [3.8, 4) is 0 Å². The van der Waals surface area contributed by atoms with Gasteiger partial charge in [0.1, 0.15) is 5.82 Å². The molecular formula is C20H20Cl2N4O2S. The Hall–Kier alpha value is -2.09. The van der Waals surface area contributed by atoms with Crippen molar-refractivity contribution in [2.75, 3.05) is 5.32 Å². The maximum absolute atomic E-state index is 13.0. The van der Waals surface area contributed by atoms with Crippen LogP contribution in [0.25, 0.3) is 10.9 Å². The zero-order valence-corrected chi connectivity index (χ0v) is 18.5. The lowest BCUT2D eigenvalue weighted by atomic mass is 10.2. The van der Waals surface area contributed by atoms with Crippen LogP contribution in [0.5, 0.6) is 0 Å². The highest BCUT2D eigenvalue weighted by molar-refractivity contribution is 8.00. The summed E-state index contributed by atoms with van der Waals surface area (Å²) in [5, 5.41) is 4.17. The number of rotatable bonds is 6. The van der Waals surface area contributed by atoms with E-state index in [4.69, 9.17) is 23.2 Å². The minimum Gasteiger partial charge on any atom is -0.310 e. The zero-order valence-electron chi connectivity index (χ0n) is 16.1. The van der Waals surface area contributed by atoms with E-state index in [9.17, 15) is 9.59 Å². The summed E-state index contributed by atoms with van der Waals surface area (Å²) in [5.41, 5.74) is 0.384. The fourth-order valence-corrected chi connectivity index (χ4v) is 3.88. The lowest BCUT2D eigenvalue weighted by Crippen LogP contribution is -2.28. The maximum atomic E-state index is 13.0. The van der Waals surface area contributed by atoms with Gasteiger partial charge in [-0.2, -0.15) is 0 Å². The first kappa shape index (κ1) is 21.6. The minimum absolute atomic E-state index is 0.166. The number of thioether (sulfide) groups is 1. The van der Waals surface area contributed by atoms with Crippen LogP contribution in [-0.4, -0.2) is 25.7 Å². The molecule has 2 heterocycles. The van der Waals surface area contributed by atoms with Gasteiger partial charge in [0, 0.05) is 17.8 Å². The number of halogens is 2. The van der Waals surface area contributed by atoms with E-state index < -0.39 is 5.25 Å². The number of anilines is 1. The smallest absolute Gasteiger partial charge is 0.262 e. The number of nitrogens with zero attached hydrogens (tertiary/aromatic N) is 3. The van der Waals surface area contributed by atoms with Gasteiger partial charge in [-0.25, -0.2) is 9.97 Å². The first-order chi connectivity index (χ1) is 13.7. The number of aromatic nitrogens is 3. The first-order valence-corrected chi connectivity index (χ1v) is 10.7. The van der Waals surface area contributed by atoms with Crippen LogP contribution in [0.15, 0.2) is 46.5 Å². The Bertz CT molecular complexity index is 1100. The average molecular weight is 451 g/mol. The fourth-order valence-electron chi connectivity index (χ4n) is 2.68. The highest BCUT2D eigenvalue weighted by Gasteiger charge is 2.20. The number of hydrogen-bond donors (Lipinski definition) is 1. The predicted molar refractivity (Wildman–Crippen MR) is 119 cm³/mol. The molecule has 1 aromatic carbocycles. The number of carbonyl (C=O) groups is 1. The van der Waals surface area contributed by atoms with Crippen LogP contribution in [0.4, 0.5) is 5.82 Å². The van der Waals surface area contributed by atoms with Gasteiger partial charge in [0.05, 0.1) is 21.2 Å². The van der Waals surface area contributed by atoms with Crippen molar-refractivity contribution in [1.29, 1.82) is 0 Å². The molecule has 1 N–H and O–H groups in total. The quantitative estimate of drug-likeness (QED) is 0.427. The predicted octanol–water partition coefficient (Wildman–Crippen LogP) is 4.87. The first-order valence-electron chi connectivity index (χ1n) is 9.03. The second-order valence-corrected chi connectivity index (χ2v) is 9.16. The van der Waals surface area contributed by atoms with Crippen LogP contribution in [0.3, 0.4) is 0 Å². The van der Waals surface area contributed by atoms with Gasteiger partial charge in [0.2, 0.25) is 5.91 Å². The Labute approximate surface area is 182 Å². The Morgan fingerprint density at radius 2 is 1.90 bits per heavy atom. The van der Waals surface area contributed by atoms with E-state index in [0.29, 0.717) is 38.5 Å². The summed E-state index contributed by atoms with van der Waals surface area (Å²) >= 11 is 13.1. The third-order valence-electron chi connectivity index (χ3n) is 4.06.